The number of nitrogens with one attached hydrogen (secondary N) is 1. The van der Waals surface area contributed by atoms with Crippen LogP contribution in [0.15, 0.2) is 24.4 Å². The highest BCUT2D eigenvalue weighted by Crippen LogP contribution is 2.34. The van der Waals surface area contributed by atoms with Crippen LogP contribution < -0.4 is 5.32 Å². The minimum Gasteiger partial charge on any atom is -0.381 e. The number of aromatic nitrogens is 1. The van der Waals surface area contributed by atoms with Gasteiger partial charge in [-0.25, -0.2) is 4.98 Å². The van der Waals surface area contributed by atoms with E-state index in [1.54, 1.807) is 6.20 Å². The molecule has 3 heterocycles. The summed E-state index contributed by atoms with van der Waals surface area (Å²) in [5, 5.41) is 2.90. The lowest BCUT2D eigenvalue weighted by Gasteiger charge is -2.50. The van der Waals surface area contributed by atoms with Crippen LogP contribution in [-0.4, -0.2) is 72.2 Å². The monoisotopic (exact) mass is 388 g/mol. The highest BCUT2D eigenvalue weighted by atomic mass is 16.5. The predicted molar refractivity (Wildman–Crippen MR) is 112 cm³/mol. The molecule has 1 N–H and O–H groups in total. The molecule has 0 unspecified atom stereocenters. The lowest BCUT2D eigenvalue weighted by atomic mass is 9.82. The molecular weight excluding hydrogens is 352 g/mol. The largest absolute Gasteiger partial charge is 0.381 e. The van der Waals surface area contributed by atoms with Crippen molar-refractivity contribution in [2.75, 3.05) is 51.3 Å². The topological polar surface area (TPSA) is 57.7 Å². The molecule has 1 aromatic rings. The second-order valence-corrected chi connectivity index (χ2v) is 8.63. The zero-order valence-corrected chi connectivity index (χ0v) is 17.5. The standard InChI is InChI=1S/C22H36N4O2/c1-19(2)18-25-12-14-26(15-13-25)22(9-16-28-17-10-22)8-5-7-21(27)24-20-6-3-4-11-23-20/h3-4,6,11,19H,5,7-10,12-18H2,1-2H3,(H,23,24,27). The van der Waals surface area contributed by atoms with Gasteiger partial charge in [-0.15, -0.1) is 0 Å². The number of pyridine rings is 1. The van der Waals surface area contributed by atoms with Crippen LogP contribution in [0.3, 0.4) is 0 Å². The van der Waals surface area contributed by atoms with Crippen LogP contribution >= 0.6 is 0 Å². The molecule has 0 aliphatic carbocycles. The second kappa shape index (κ2) is 10.3. The number of ether oxygens (including phenoxy) is 1. The average molecular weight is 389 g/mol. The third-order valence-corrected chi connectivity index (χ3v) is 6.07. The van der Waals surface area contributed by atoms with Crippen molar-refractivity contribution in [2.24, 2.45) is 5.92 Å². The van der Waals surface area contributed by atoms with E-state index in [9.17, 15) is 4.79 Å². The first-order chi connectivity index (χ1) is 13.6. The molecule has 0 saturated carbocycles. The third kappa shape index (κ3) is 6.00. The van der Waals surface area contributed by atoms with Crippen LogP contribution in [0.5, 0.6) is 0 Å². The van der Waals surface area contributed by atoms with Gasteiger partial charge in [0.2, 0.25) is 5.91 Å². The summed E-state index contributed by atoms with van der Waals surface area (Å²) in [5.74, 6) is 1.42. The first-order valence-corrected chi connectivity index (χ1v) is 10.8. The summed E-state index contributed by atoms with van der Waals surface area (Å²) in [7, 11) is 0. The molecule has 6 nitrogen and oxygen atoms in total. The number of piperazine rings is 1. The van der Waals surface area contributed by atoms with E-state index in [2.05, 4.69) is 33.9 Å². The zero-order chi connectivity index (χ0) is 19.8. The highest BCUT2D eigenvalue weighted by molar-refractivity contribution is 5.89. The predicted octanol–water partition coefficient (Wildman–Crippen LogP) is 3.01. The number of anilines is 1. The zero-order valence-electron chi connectivity index (χ0n) is 17.5. The van der Waals surface area contributed by atoms with Gasteiger partial charge in [0.15, 0.2) is 0 Å². The van der Waals surface area contributed by atoms with Gasteiger partial charge in [0.1, 0.15) is 5.82 Å². The molecule has 0 bridgehead atoms. The Morgan fingerprint density at radius 1 is 1.21 bits per heavy atom. The molecule has 0 spiro atoms. The van der Waals surface area contributed by atoms with Crippen LogP contribution in [0.4, 0.5) is 5.82 Å². The summed E-state index contributed by atoms with van der Waals surface area (Å²) in [5.41, 5.74) is 0.202. The molecule has 0 radical (unpaired) electrons. The Kier molecular flexibility index (Phi) is 7.82. The van der Waals surface area contributed by atoms with Gasteiger partial charge in [0, 0.05) is 64.1 Å². The van der Waals surface area contributed by atoms with Crippen LogP contribution in [0.1, 0.15) is 46.0 Å². The van der Waals surface area contributed by atoms with Crippen molar-refractivity contribution in [3.8, 4) is 0 Å². The van der Waals surface area contributed by atoms with Crippen molar-refractivity contribution in [1.29, 1.82) is 0 Å². The van der Waals surface area contributed by atoms with Gasteiger partial charge in [0.25, 0.3) is 0 Å². The maximum Gasteiger partial charge on any atom is 0.225 e. The van der Waals surface area contributed by atoms with E-state index in [1.807, 2.05) is 18.2 Å². The first kappa shape index (κ1) is 21.2. The van der Waals surface area contributed by atoms with Crippen molar-refractivity contribution in [3.05, 3.63) is 24.4 Å². The number of carbonyl (C=O) groups is 1. The van der Waals surface area contributed by atoms with Crippen molar-refractivity contribution in [1.82, 2.24) is 14.8 Å². The van der Waals surface area contributed by atoms with Crippen molar-refractivity contribution in [2.45, 2.75) is 51.5 Å². The second-order valence-electron chi connectivity index (χ2n) is 8.63. The van der Waals surface area contributed by atoms with Gasteiger partial charge in [0.05, 0.1) is 0 Å². The molecule has 156 valence electrons. The van der Waals surface area contributed by atoms with Crippen LogP contribution in [0, 0.1) is 5.92 Å². The van der Waals surface area contributed by atoms with Gasteiger partial charge in [-0.3, -0.25) is 9.69 Å². The van der Waals surface area contributed by atoms with Gasteiger partial charge >= 0.3 is 0 Å². The maximum absolute atomic E-state index is 12.3. The van der Waals surface area contributed by atoms with E-state index in [1.165, 1.54) is 6.54 Å². The normalized spacial score (nSPS) is 21.0. The van der Waals surface area contributed by atoms with Gasteiger partial charge in [-0.1, -0.05) is 19.9 Å². The Morgan fingerprint density at radius 3 is 2.61 bits per heavy atom. The van der Waals surface area contributed by atoms with Crippen LogP contribution in [-0.2, 0) is 9.53 Å². The van der Waals surface area contributed by atoms with E-state index in [0.717, 1.165) is 71.0 Å². The Morgan fingerprint density at radius 2 is 1.96 bits per heavy atom. The Labute approximate surface area is 169 Å². The molecule has 28 heavy (non-hydrogen) atoms. The molecule has 2 aliphatic rings. The molecule has 3 rings (SSSR count). The van der Waals surface area contributed by atoms with Gasteiger partial charge < -0.3 is 15.0 Å². The first-order valence-electron chi connectivity index (χ1n) is 10.8. The molecule has 2 saturated heterocycles. The van der Waals surface area contributed by atoms with E-state index in [0.29, 0.717) is 12.2 Å². The molecule has 1 amide bonds. The number of rotatable bonds is 8. The lowest BCUT2D eigenvalue weighted by molar-refractivity contribution is -0.116. The van der Waals surface area contributed by atoms with Crippen LogP contribution in [0.25, 0.3) is 0 Å². The van der Waals surface area contributed by atoms with E-state index in [-0.39, 0.29) is 11.4 Å². The maximum atomic E-state index is 12.3. The minimum absolute atomic E-state index is 0.0580. The minimum atomic E-state index is 0.0580. The van der Waals surface area contributed by atoms with E-state index in [4.69, 9.17) is 4.74 Å². The number of carbonyl (C=O) groups excluding carboxylic acids is 1. The molecule has 6 heteroatoms. The Bertz CT molecular complexity index is 594. The third-order valence-electron chi connectivity index (χ3n) is 6.07. The summed E-state index contributed by atoms with van der Waals surface area (Å²) >= 11 is 0. The number of hydrogen-bond acceptors (Lipinski definition) is 5. The summed E-state index contributed by atoms with van der Waals surface area (Å²) in [4.78, 5) is 21.7. The fourth-order valence-electron chi connectivity index (χ4n) is 4.62. The number of nitrogens with zero attached hydrogens (tertiary/aromatic N) is 3. The fraction of sp³-hybridized carbons (Fsp3) is 0.727. The summed E-state index contributed by atoms with van der Waals surface area (Å²) in [6.45, 7) is 12.0. The molecular formula is C22H36N4O2. The molecule has 2 fully saturated rings. The Balaban J connectivity index is 1.50. The summed E-state index contributed by atoms with van der Waals surface area (Å²) < 4.78 is 5.67. The highest BCUT2D eigenvalue weighted by Gasteiger charge is 2.39. The van der Waals surface area contributed by atoms with E-state index >= 15 is 0 Å². The van der Waals surface area contributed by atoms with Crippen molar-refractivity contribution < 1.29 is 9.53 Å². The van der Waals surface area contributed by atoms with Gasteiger partial charge in [-0.05, 0) is 43.7 Å². The van der Waals surface area contributed by atoms with Crippen molar-refractivity contribution >= 4 is 11.7 Å². The SMILES string of the molecule is CC(C)CN1CCN(C2(CCCC(=O)Nc3ccccn3)CCOCC2)CC1. The molecule has 0 atom stereocenters. The molecule has 2 aliphatic heterocycles. The molecule has 0 aromatic carbocycles. The number of hydrogen-bond donors (Lipinski definition) is 1. The number of amides is 1. The van der Waals surface area contributed by atoms with E-state index < -0.39 is 0 Å². The average Bonchev–Trinajstić information content (AvgIpc) is 2.69. The van der Waals surface area contributed by atoms with Crippen LogP contribution in [0.2, 0.25) is 0 Å². The summed E-state index contributed by atoms with van der Waals surface area (Å²) in [6.07, 6.45) is 6.39. The smallest absolute Gasteiger partial charge is 0.225 e. The summed E-state index contributed by atoms with van der Waals surface area (Å²) in [6, 6.07) is 5.57. The lowest BCUT2D eigenvalue weighted by Crippen LogP contribution is -2.59. The Hall–Kier alpha value is -1.50. The quantitative estimate of drug-likeness (QED) is 0.742. The van der Waals surface area contributed by atoms with Gasteiger partial charge in [-0.2, -0.15) is 0 Å². The molecule has 1 aromatic heterocycles. The fourth-order valence-corrected chi connectivity index (χ4v) is 4.62. The van der Waals surface area contributed by atoms with Crippen molar-refractivity contribution in [3.63, 3.8) is 0 Å².